The number of ether oxygens (including phenoxy) is 1. The van der Waals surface area contributed by atoms with Crippen LogP contribution >= 0.6 is 11.6 Å². The van der Waals surface area contributed by atoms with Gasteiger partial charge in [-0.05, 0) is 25.1 Å². The molecule has 0 aliphatic carbocycles. The number of methoxy groups -OCH3 is 1. The van der Waals surface area contributed by atoms with E-state index in [1.54, 1.807) is 13.0 Å². The normalized spacial score (nSPS) is 11.9. The van der Waals surface area contributed by atoms with Crippen LogP contribution in [-0.2, 0) is 9.53 Å². The molecule has 0 saturated heterocycles. The first-order valence-electron chi connectivity index (χ1n) is 4.88. The van der Waals surface area contributed by atoms with E-state index in [4.69, 9.17) is 22.1 Å². The van der Waals surface area contributed by atoms with Crippen molar-refractivity contribution >= 4 is 29.1 Å². The van der Waals surface area contributed by atoms with Crippen molar-refractivity contribution in [1.29, 1.82) is 0 Å². The van der Waals surface area contributed by atoms with E-state index >= 15 is 0 Å². The molecule has 3 N–H and O–H groups in total. The standard InChI is InChI=1S/C11H13ClN2O3/c1-6(17-2)11(16)14-7-3-4-9(12)8(5-7)10(13)15/h3-6H,1-2H3,(H2,13,15)(H,14,16). The monoisotopic (exact) mass is 256 g/mol. The lowest BCUT2D eigenvalue weighted by Gasteiger charge is -2.11. The molecule has 0 radical (unpaired) electrons. The summed E-state index contributed by atoms with van der Waals surface area (Å²) in [6, 6.07) is 4.49. The zero-order chi connectivity index (χ0) is 13.0. The number of amides is 2. The Morgan fingerprint density at radius 2 is 2.12 bits per heavy atom. The summed E-state index contributed by atoms with van der Waals surface area (Å²) >= 11 is 5.78. The van der Waals surface area contributed by atoms with Gasteiger partial charge in [0.05, 0.1) is 10.6 Å². The Hall–Kier alpha value is -1.59. The lowest BCUT2D eigenvalue weighted by Crippen LogP contribution is -2.26. The molecule has 5 nitrogen and oxygen atoms in total. The average Bonchev–Trinajstić information content (AvgIpc) is 2.30. The van der Waals surface area contributed by atoms with Crippen LogP contribution in [0.25, 0.3) is 0 Å². The fourth-order valence-electron chi connectivity index (χ4n) is 1.14. The molecule has 2 amide bonds. The Bertz CT molecular complexity index is 448. The molecule has 0 heterocycles. The lowest BCUT2D eigenvalue weighted by molar-refractivity contribution is -0.124. The van der Waals surface area contributed by atoms with Crippen LogP contribution in [0.3, 0.4) is 0 Å². The summed E-state index contributed by atoms with van der Waals surface area (Å²) in [6.45, 7) is 1.61. The predicted octanol–water partition coefficient (Wildman–Crippen LogP) is 1.41. The van der Waals surface area contributed by atoms with E-state index < -0.39 is 12.0 Å². The summed E-state index contributed by atoms with van der Waals surface area (Å²) in [5, 5.41) is 2.83. The van der Waals surface area contributed by atoms with Crippen LogP contribution in [0.4, 0.5) is 5.69 Å². The van der Waals surface area contributed by atoms with Crippen LogP contribution in [0.5, 0.6) is 0 Å². The fourth-order valence-corrected chi connectivity index (χ4v) is 1.35. The number of nitrogens with one attached hydrogen (secondary N) is 1. The summed E-state index contributed by atoms with van der Waals surface area (Å²) in [5.74, 6) is -0.962. The summed E-state index contributed by atoms with van der Waals surface area (Å²) in [4.78, 5) is 22.6. The minimum absolute atomic E-state index is 0.162. The van der Waals surface area contributed by atoms with Gasteiger partial charge in [0.15, 0.2) is 0 Å². The zero-order valence-corrected chi connectivity index (χ0v) is 10.2. The highest BCUT2D eigenvalue weighted by Gasteiger charge is 2.13. The molecule has 0 bridgehead atoms. The topological polar surface area (TPSA) is 81.4 Å². The lowest BCUT2D eigenvalue weighted by atomic mass is 10.2. The van der Waals surface area contributed by atoms with Crippen LogP contribution in [-0.4, -0.2) is 25.0 Å². The van der Waals surface area contributed by atoms with E-state index in [1.807, 2.05) is 0 Å². The van der Waals surface area contributed by atoms with Gasteiger partial charge in [-0.3, -0.25) is 9.59 Å². The third-order valence-electron chi connectivity index (χ3n) is 2.22. The van der Waals surface area contributed by atoms with Gasteiger partial charge in [0.1, 0.15) is 6.10 Å². The molecule has 0 saturated carbocycles. The second kappa shape index (κ2) is 5.65. The molecule has 0 aliphatic heterocycles. The van der Waals surface area contributed by atoms with Gasteiger partial charge in [-0.1, -0.05) is 11.6 Å². The summed E-state index contributed by atoms with van der Waals surface area (Å²) in [6.07, 6.45) is -0.581. The second-order valence-electron chi connectivity index (χ2n) is 3.43. The first-order chi connectivity index (χ1) is 7.95. The van der Waals surface area contributed by atoms with E-state index in [2.05, 4.69) is 5.32 Å². The van der Waals surface area contributed by atoms with Crippen LogP contribution in [0.2, 0.25) is 5.02 Å². The van der Waals surface area contributed by atoms with Gasteiger partial charge < -0.3 is 15.8 Å². The van der Waals surface area contributed by atoms with E-state index in [-0.39, 0.29) is 16.5 Å². The van der Waals surface area contributed by atoms with Crippen molar-refractivity contribution in [3.05, 3.63) is 28.8 Å². The van der Waals surface area contributed by atoms with Crippen molar-refractivity contribution < 1.29 is 14.3 Å². The molecule has 1 rings (SSSR count). The Balaban J connectivity index is 2.90. The van der Waals surface area contributed by atoms with E-state index in [1.165, 1.54) is 19.2 Å². The molecule has 0 aliphatic rings. The first-order valence-corrected chi connectivity index (χ1v) is 5.26. The van der Waals surface area contributed by atoms with Crippen molar-refractivity contribution in [2.45, 2.75) is 13.0 Å². The first kappa shape index (κ1) is 13.5. The molecular weight excluding hydrogens is 244 g/mol. The number of hydrogen-bond donors (Lipinski definition) is 2. The van der Waals surface area contributed by atoms with Gasteiger partial charge in [0.25, 0.3) is 5.91 Å². The molecule has 92 valence electrons. The number of carbonyl (C=O) groups excluding carboxylic acids is 2. The number of primary amides is 1. The van der Waals surface area contributed by atoms with Crippen molar-refractivity contribution in [2.24, 2.45) is 5.73 Å². The van der Waals surface area contributed by atoms with Gasteiger partial charge >= 0.3 is 0 Å². The van der Waals surface area contributed by atoms with Gasteiger partial charge in [0, 0.05) is 12.8 Å². The van der Waals surface area contributed by atoms with Gasteiger partial charge in [-0.2, -0.15) is 0 Å². The largest absolute Gasteiger partial charge is 0.372 e. The van der Waals surface area contributed by atoms with Crippen LogP contribution in [0, 0.1) is 0 Å². The average molecular weight is 257 g/mol. The Morgan fingerprint density at radius 1 is 1.47 bits per heavy atom. The molecular formula is C11H13ClN2O3. The third kappa shape index (κ3) is 3.44. The highest BCUT2D eigenvalue weighted by Crippen LogP contribution is 2.20. The van der Waals surface area contributed by atoms with Gasteiger partial charge in [0.2, 0.25) is 5.91 Å². The SMILES string of the molecule is COC(C)C(=O)Nc1ccc(Cl)c(C(N)=O)c1. The molecule has 1 aromatic rings. The number of anilines is 1. The Labute approximate surface area is 104 Å². The van der Waals surface area contributed by atoms with Crippen molar-refractivity contribution in [2.75, 3.05) is 12.4 Å². The number of hydrogen-bond acceptors (Lipinski definition) is 3. The molecule has 1 aromatic carbocycles. The molecule has 0 spiro atoms. The third-order valence-corrected chi connectivity index (χ3v) is 2.55. The second-order valence-corrected chi connectivity index (χ2v) is 3.83. The van der Waals surface area contributed by atoms with Gasteiger partial charge in [-0.15, -0.1) is 0 Å². The Kier molecular flexibility index (Phi) is 4.48. The minimum atomic E-state index is -0.647. The van der Waals surface area contributed by atoms with E-state index in [0.717, 1.165) is 0 Å². The summed E-state index contributed by atoms with van der Waals surface area (Å²) < 4.78 is 4.86. The van der Waals surface area contributed by atoms with Crippen LogP contribution in [0.15, 0.2) is 18.2 Å². The molecule has 1 atom stereocenters. The predicted molar refractivity (Wildman–Crippen MR) is 65.1 cm³/mol. The maximum atomic E-state index is 11.5. The smallest absolute Gasteiger partial charge is 0.253 e. The van der Waals surface area contributed by atoms with Crippen LogP contribution < -0.4 is 11.1 Å². The molecule has 1 unspecified atom stereocenters. The number of benzene rings is 1. The molecule has 17 heavy (non-hydrogen) atoms. The Morgan fingerprint density at radius 3 is 2.65 bits per heavy atom. The maximum Gasteiger partial charge on any atom is 0.253 e. The van der Waals surface area contributed by atoms with E-state index in [9.17, 15) is 9.59 Å². The highest BCUT2D eigenvalue weighted by molar-refractivity contribution is 6.34. The van der Waals surface area contributed by atoms with Gasteiger partial charge in [-0.25, -0.2) is 0 Å². The quantitative estimate of drug-likeness (QED) is 0.855. The summed E-state index contributed by atoms with van der Waals surface area (Å²) in [7, 11) is 1.43. The van der Waals surface area contributed by atoms with Crippen molar-refractivity contribution in [3.63, 3.8) is 0 Å². The molecule has 6 heteroatoms. The van der Waals surface area contributed by atoms with E-state index in [0.29, 0.717) is 5.69 Å². The maximum absolute atomic E-state index is 11.5. The van der Waals surface area contributed by atoms with Crippen LogP contribution in [0.1, 0.15) is 17.3 Å². The number of rotatable bonds is 4. The van der Waals surface area contributed by atoms with Crippen molar-refractivity contribution in [3.8, 4) is 0 Å². The van der Waals surface area contributed by atoms with Crippen molar-refractivity contribution in [1.82, 2.24) is 0 Å². The number of nitrogens with two attached hydrogens (primary N) is 1. The zero-order valence-electron chi connectivity index (χ0n) is 9.49. The number of carbonyl (C=O) groups is 2. The number of halogens is 1. The molecule has 0 aromatic heterocycles. The highest BCUT2D eigenvalue weighted by atomic mass is 35.5. The minimum Gasteiger partial charge on any atom is -0.372 e. The molecule has 0 fully saturated rings. The fraction of sp³-hybridized carbons (Fsp3) is 0.273. The summed E-state index contributed by atoms with van der Waals surface area (Å²) in [5.41, 5.74) is 5.74.